The highest BCUT2D eigenvalue weighted by Gasteiger charge is 2.26. The van der Waals surface area contributed by atoms with Crippen LogP contribution in [0.3, 0.4) is 0 Å². The van der Waals surface area contributed by atoms with E-state index >= 15 is 0 Å². The molecule has 0 heterocycles. The van der Waals surface area contributed by atoms with E-state index in [-0.39, 0.29) is 17.1 Å². The van der Waals surface area contributed by atoms with Gasteiger partial charge in [0.1, 0.15) is 22.3 Å². The standard InChI is InChI=1S/C10H10FNO4S/c1-15-8-6(5-12)4-7(11)10(9(8)16-2)17(3,13)14/h4H,1-3H3. The molecule has 0 aliphatic carbocycles. The fourth-order valence-electron chi connectivity index (χ4n) is 1.41. The van der Waals surface area contributed by atoms with E-state index in [9.17, 15) is 12.8 Å². The van der Waals surface area contributed by atoms with Crippen LogP contribution < -0.4 is 9.47 Å². The third-order valence-corrected chi connectivity index (χ3v) is 3.17. The quantitative estimate of drug-likeness (QED) is 0.813. The molecular formula is C10H10FNO4S. The first-order valence-electron chi connectivity index (χ1n) is 4.41. The van der Waals surface area contributed by atoms with Gasteiger partial charge in [0.25, 0.3) is 0 Å². The third kappa shape index (κ3) is 2.31. The molecule has 0 atom stereocenters. The number of ether oxygens (including phenoxy) is 2. The maximum atomic E-state index is 13.6. The van der Waals surface area contributed by atoms with Crippen LogP contribution in [0.15, 0.2) is 11.0 Å². The number of hydrogen-bond donors (Lipinski definition) is 0. The first-order chi connectivity index (χ1) is 7.86. The predicted octanol–water partition coefficient (Wildman–Crippen LogP) is 1.12. The Bertz CT molecular complexity index is 589. The Labute approximate surface area is 98.3 Å². The average Bonchev–Trinajstić information content (AvgIpc) is 2.25. The van der Waals surface area contributed by atoms with Crippen molar-refractivity contribution in [2.45, 2.75) is 4.90 Å². The fraction of sp³-hybridized carbons (Fsp3) is 0.300. The van der Waals surface area contributed by atoms with E-state index in [1.165, 1.54) is 14.2 Å². The molecule has 0 amide bonds. The van der Waals surface area contributed by atoms with Crippen LogP contribution in [-0.2, 0) is 9.84 Å². The molecule has 0 unspecified atom stereocenters. The molecule has 0 aliphatic heterocycles. The smallest absolute Gasteiger partial charge is 0.183 e. The molecule has 0 saturated carbocycles. The first kappa shape index (κ1) is 13.3. The van der Waals surface area contributed by atoms with Gasteiger partial charge in [-0.2, -0.15) is 5.26 Å². The maximum Gasteiger partial charge on any atom is 0.183 e. The lowest BCUT2D eigenvalue weighted by Crippen LogP contribution is -2.07. The predicted molar refractivity (Wildman–Crippen MR) is 57.3 cm³/mol. The Morgan fingerprint density at radius 1 is 1.29 bits per heavy atom. The minimum absolute atomic E-state index is 0.100. The second-order valence-corrected chi connectivity index (χ2v) is 5.14. The minimum atomic E-state index is -3.82. The summed E-state index contributed by atoms with van der Waals surface area (Å²) in [6.07, 6.45) is 0.847. The lowest BCUT2D eigenvalue weighted by molar-refractivity contribution is 0.340. The van der Waals surface area contributed by atoms with Gasteiger partial charge in [0.2, 0.25) is 0 Å². The van der Waals surface area contributed by atoms with Crippen LogP contribution in [0.5, 0.6) is 11.5 Å². The fourth-order valence-corrected chi connectivity index (χ4v) is 2.33. The first-order valence-corrected chi connectivity index (χ1v) is 6.30. The van der Waals surface area contributed by atoms with Crippen molar-refractivity contribution in [3.63, 3.8) is 0 Å². The van der Waals surface area contributed by atoms with Crippen molar-refractivity contribution in [1.29, 1.82) is 5.26 Å². The third-order valence-electron chi connectivity index (χ3n) is 2.04. The molecule has 1 aromatic carbocycles. The zero-order valence-corrected chi connectivity index (χ0v) is 10.3. The van der Waals surface area contributed by atoms with Crippen molar-refractivity contribution >= 4 is 9.84 Å². The van der Waals surface area contributed by atoms with E-state index in [2.05, 4.69) is 0 Å². The van der Waals surface area contributed by atoms with Crippen LogP contribution in [0, 0.1) is 17.1 Å². The summed E-state index contributed by atoms with van der Waals surface area (Å²) in [6, 6.07) is 2.50. The van der Waals surface area contributed by atoms with Crippen LogP contribution in [0.25, 0.3) is 0 Å². The van der Waals surface area contributed by atoms with Gasteiger partial charge in [-0.25, -0.2) is 12.8 Å². The molecule has 1 aromatic rings. The van der Waals surface area contributed by atoms with Gasteiger partial charge in [0, 0.05) is 6.26 Å². The number of sulfone groups is 1. The molecule has 0 aliphatic rings. The van der Waals surface area contributed by atoms with E-state index < -0.39 is 20.5 Å². The zero-order valence-electron chi connectivity index (χ0n) is 9.44. The van der Waals surface area contributed by atoms with Crippen LogP contribution in [0.2, 0.25) is 0 Å². The van der Waals surface area contributed by atoms with E-state index in [1.807, 2.05) is 0 Å². The number of nitriles is 1. The highest BCUT2D eigenvalue weighted by Crippen LogP contribution is 2.38. The Kier molecular flexibility index (Phi) is 3.58. The number of rotatable bonds is 3. The van der Waals surface area contributed by atoms with Crippen molar-refractivity contribution in [3.8, 4) is 17.6 Å². The average molecular weight is 259 g/mol. The Hall–Kier alpha value is -1.81. The van der Waals surface area contributed by atoms with Crippen molar-refractivity contribution < 1.29 is 22.3 Å². The molecule has 0 N–H and O–H groups in total. The molecule has 0 radical (unpaired) electrons. The second kappa shape index (κ2) is 4.59. The number of halogens is 1. The van der Waals surface area contributed by atoms with Crippen molar-refractivity contribution in [2.75, 3.05) is 20.5 Å². The molecule has 5 nitrogen and oxygen atoms in total. The summed E-state index contributed by atoms with van der Waals surface area (Å²) in [5.41, 5.74) is -0.130. The van der Waals surface area contributed by atoms with E-state index in [0.29, 0.717) is 0 Å². The van der Waals surface area contributed by atoms with Crippen molar-refractivity contribution in [1.82, 2.24) is 0 Å². The summed E-state index contributed by atoms with van der Waals surface area (Å²) in [5, 5.41) is 8.79. The number of hydrogen-bond acceptors (Lipinski definition) is 5. The van der Waals surface area contributed by atoms with Crippen LogP contribution in [-0.4, -0.2) is 28.9 Å². The molecule has 0 bridgehead atoms. The molecule has 0 spiro atoms. The largest absolute Gasteiger partial charge is 0.492 e. The summed E-state index contributed by atoms with van der Waals surface area (Å²) in [6.45, 7) is 0. The molecule has 1 rings (SSSR count). The number of nitrogens with zero attached hydrogens (tertiary/aromatic N) is 1. The number of benzene rings is 1. The van der Waals surface area contributed by atoms with Gasteiger partial charge in [-0.1, -0.05) is 0 Å². The minimum Gasteiger partial charge on any atom is -0.492 e. The molecule has 92 valence electrons. The van der Waals surface area contributed by atoms with Gasteiger partial charge in [0.15, 0.2) is 21.3 Å². The monoisotopic (exact) mass is 259 g/mol. The molecular weight excluding hydrogens is 249 g/mol. The van der Waals surface area contributed by atoms with Crippen molar-refractivity contribution in [3.05, 3.63) is 17.4 Å². The van der Waals surface area contributed by atoms with Crippen LogP contribution in [0.1, 0.15) is 5.56 Å². The molecule has 0 aromatic heterocycles. The number of methoxy groups -OCH3 is 2. The van der Waals surface area contributed by atoms with Gasteiger partial charge in [-0.15, -0.1) is 0 Å². The summed E-state index contributed by atoms with van der Waals surface area (Å²) in [7, 11) is -1.41. The van der Waals surface area contributed by atoms with E-state index in [0.717, 1.165) is 12.3 Å². The van der Waals surface area contributed by atoms with E-state index in [4.69, 9.17) is 14.7 Å². The SMILES string of the molecule is COc1c(C#N)cc(F)c(S(C)(=O)=O)c1OC. The Morgan fingerprint density at radius 3 is 2.18 bits per heavy atom. The lowest BCUT2D eigenvalue weighted by atomic mass is 10.2. The highest BCUT2D eigenvalue weighted by molar-refractivity contribution is 7.90. The topological polar surface area (TPSA) is 76.4 Å². The van der Waals surface area contributed by atoms with Gasteiger partial charge in [-0.3, -0.25) is 0 Å². The molecule has 7 heteroatoms. The summed E-state index contributed by atoms with van der Waals surface area (Å²) < 4.78 is 46.2. The van der Waals surface area contributed by atoms with E-state index in [1.54, 1.807) is 6.07 Å². The van der Waals surface area contributed by atoms with Crippen molar-refractivity contribution in [2.24, 2.45) is 0 Å². The van der Waals surface area contributed by atoms with Crippen LogP contribution in [0.4, 0.5) is 4.39 Å². The second-order valence-electron chi connectivity index (χ2n) is 3.19. The van der Waals surface area contributed by atoms with Gasteiger partial charge in [0.05, 0.1) is 14.2 Å². The summed E-state index contributed by atoms with van der Waals surface area (Å²) in [4.78, 5) is -0.615. The highest BCUT2D eigenvalue weighted by atomic mass is 32.2. The van der Waals surface area contributed by atoms with Crippen LogP contribution >= 0.6 is 0 Å². The molecule has 0 fully saturated rings. The van der Waals surface area contributed by atoms with Gasteiger partial charge >= 0.3 is 0 Å². The normalized spacial score (nSPS) is 10.8. The maximum absolute atomic E-state index is 13.6. The van der Waals surface area contributed by atoms with Gasteiger partial charge in [-0.05, 0) is 6.07 Å². The van der Waals surface area contributed by atoms with Gasteiger partial charge < -0.3 is 9.47 Å². The lowest BCUT2D eigenvalue weighted by Gasteiger charge is -2.13. The summed E-state index contributed by atoms with van der Waals surface area (Å²) >= 11 is 0. The molecule has 0 saturated heterocycles. The molecule has 17 heavy (non-hydrogen) atoms. The Balaban J connectivity index is 3.82. The Morgan fingerprint density at radius 2 is 1.82 bits per heavy atom. The summed E-state index contributed by atoms with van der Waals surface area (Å²) in [5.74, 6) is -1.44. The zero-order chi connectivity index (χ0) is 13.2.